The molecule has 6 atom stereocenters. The molecule has 58 heavy (non-hydrogen) atoms. The molecule has 0 aliphatic carbocycles. The van der Waals surface area contributed by atoms with Gasteiger partial charge >= 0.3 is 17.9 Å². The summed E-state index contributed by atoms with van der Waals surface area (Å²) in [5, 5.41) is 39.8. The molecule has 0 aromatic carbocycles. The number of carboxylic acid groups (broad SMARTS) is 1. The van der Waals surface area contributed by atoms with Gasteiger partial charge in [-0.25, -0.2) is 4.79 Å². The molecule has 0 amide bonds. The minimum atomic E-state index is -1.87. The quantitative estimate of drug-likeness (QED) is 0.0273. The molecule has 330 valence electrons. The van der Waals surface area contributed by atoms with E-state index in [1.165, 1.54) is 57.8 Å². The molecule has 1 heterocycles. The Labute approximate surface area is 348 Å². The molecule has 1 fully saturated rings. The van der Waals surface area contributed by atoms with Crippen molar-refractivity contribution >= 4 is 17.9 Å². The molecule has 0 spiro atoms. The van der Waals surface area contributed by atoms with Gasteiger partial charge in [-0.2, -0.15) is 0 Å². The minimum absolute atomic E-state index is 0.110. The SMILES string of the molecule is CC/C=C\C/C=C\C/C=C\C/C=C\CCC(=O)OCC(COC1OC(C(=O)O)C(O)C(O)C1O)OC(=O)CCCCCCCCCCC/C=C\C/C=C\CCCCC. The van der Waals surface area contributed by atoms with Crippen LogP contribution in [0.1, 0.15) is 155 Å². The number of esters is 2. The first-order valence-corrected chi connectivity index (χ1v) is 22.0. The fourth-order valence-electron chi connectivity index (χ4n) is 6.10. The predicted molar refractivity (Wildman–Crippen MR) is 229 cm³/mol. The molecule has 6 unspecified atom stereocenters. The number of hydrogen-bond acceptors (Lipinski definition) is 10. The van der Waals surface area contributed by atoms with Gasteiger partial charge in [-0.3, -0.25) is 9.59 Å². The Morgan fingerprint density at radius 1 is 0.552 bits per heavy atom. The average molecular weight is 817 g/mol. The Morgan fingerprint density at radius 3 is 1.60 bits per heavy atom. The van der Waals surface area contributed by atoms with E-state index in [0.29, 0.717) is 12.8 Å². The molecule has 1 saturated heterocycles. The van der Waals surface area contributed by atoms with Crippen molar-refractivity contribution < 1.29 is 53.8 Å². The van der Waals surface area contributed by atoms with Gasteiger partial charge < -0.3 is 39.4 Å². The van der Waals surface area contributed by atoms with E-state index in [4.69, 9.17) is 18.9 Å². The summed E-state index contributed by atoms with van der Waals surface area (Å²) < 4.78 is 21.6. The van der Waals surface area contributed by atoms with E-state index in [2.05, 4.69) is 74.6 Å². The maximum atomic E-state index is 12.8. The lowest BCUT2D eigenvalue weighted by Gasteiger charge is -2.38. The van der Waals surface area contributed by atoms with Gasteiger partial charge in [-0.1, -0.05) is 145 Å². The number of unbranched alkanes of at least 4 members (excludes halogenated alkanes) is 12. The van der Waals surface area contributed by atoms with Crippen LogP contribution in [0.25, 0.3) is 0 Å². The van der Waals surface area contributed by atoms with E-state index in [1.807, 2.05) is 12.2 Å². The van der Waals surface area contributed by atoms with Crippen molar-refractivity contribution in [3.05, 3.63) is 72.9 Å². The number of carbonyl (C=O) groups is 3. The largest absolute Gasteiger partial charge is 0.479 e. The summed E-state index contributed by atoms with van der Waals surface area (Å²) in [5.74, 6) is -2.56. The Balaban J connectivity index is 2.41. The standard InChI is InChI=1S/C47H76O11/c1-3-5-7-9-11-13-15-17-18-19-20-21-22-24-26-28-30-32-34-36-41(49)57-39(38-56-47-44(52)42(50)43(51)45(58-47)46(53)54)37-55-40(48)35-33-31-29-27-25-23-16-14-12-10-8-6-4-2/h6,8,11-14,17-18,23,25,29,31,39,42-45,47,50-52H,3-5,7,9-10,15-16,19-22,24,26-28,30,32-38H2,1-2H3,(H,53,54)/b8-6-,13-11-,14-12-,18-17-,25-23-,31-29-. The van der Waals surface area contributed by atoms with E-state index in [1.54, 1.807) is 0 Å². The van der Waals surface area contributed by atoms with Crippen LogP contribution in [0.15, 0.2) is 72.9 Å². The van der Waals surface area contributed by atoms with E-state index in [0.717, 1.165) is 57.8 Å². The highest BCUT2D eigenvalue weighted by Crippen LogP contribution is 2.23. The van der Waals surface area contributed by atoms with Gasteiger partial charge in [0, 0.05) is 12.8 Å². The number of aliphatic carboxylic acids is 1. The first-order valence-electron chi connectivity index (χ1n) is 22.0. The molecule has 1 aliphatic heterocycles. The number of aliphatic hydroxyl groups excluding tert-OH is 3. The molecule has 1 rings (SSSR count). The zero-order chi connectivity index (χ0) is 42.5. The highest BCUT2D eigenvalue weighted by molar-refractivity contribution is 5.73. The van der Waals surface area contributed by atoms with Crippen LogP contribution in [-0.2, 0) is 33.3 Å². The van der Waals surface area contributed by atoms with Gasteiger partial charge in [0.25, 0.3) is 0 Å². The van der Waals surface area contributed by atoms with Crippen molar-refractivity contribution in [1.82, 2.24) is 0 Å². The van der Waals surface area contributed by atoms with Crippen LogP contribution in [0.4, 0.5) is 0 Å². The molecule has 0 radical (unpaired) electrons. The number of ether oxygens (including phenoxy) is 4. The fraction of sp³-hybridized carbons (Fsp3) is 0.681. The van der Waals surface area contributed by atoms with Gasteiger partial charge in [0.1, 0.15) is 24.9 Å². The van der Waals surface area contributed by atoms with E-state index < -0.39 is 61.3 Å². The first kappa shape index (κ1) is 52.7. The summed E-state index contributed by atoms with van der Waals surface area (Å²) in [5.41, 5.74) is 0. The van der Waals surface area contributed by atoms with E-state index in [9.17, 15) is 34.8 Å². The molecule has 0 aromatic heterocycles. The minimum Gasteiger partial charge on any atom is -0.479 e. The van der Waals surface area contributed by atoms with Crippen molar-refractivity contribution in [3.63, 3.8) is 0 Å². The molecule has 11 nitrogen and oxygen atoms in total. The second kappa shape index (κ2) is 36.7. The van der Waals surface area contributed by atoms with Crippen LogP contribution >= 0.6 is 0 Å². The number of aliphatic hydroxyl groups is 3. The van der Waals surface area contributed by atoms with Gasteiger partial charge in [0.05, 0.1) is 6.61 Å². The average Bonchev–Trinajstić information content (AvgIpc) is 3.21. The Morgan fingerprint density at radius 2 is 1.05 bits per heavy atom. The monoisotopic (exact) mass is 817 g/mol. The summed E-state index contributed by atoms with van der Waals surface area (Å²) in [6.45, 7) is 3.59. The van der Waals surface area contributed by atoms with Gasteiger partial charge in [0.2, 0.25) is 0 Å². The van der Waals surface area contributed by atoms with Gasteiger partial charge in [-0.05, 0) is 70.6 Å². The zero-order valence-corrected chi connectivity index (χ0v) is 35.5. The molecular weight excluding hydrogens is 741 g/mol. The Kier molecular flexibility index (Phi) is 33.3. The number of allylic oxidation sites excluding steroid dienone is 12. The van der Waals surface area contributed by atoms with Crippen LogP contribution < -0.4 is 0 Å². The maximum Gasteiger partial charge on any atom is 0.335 e. The smallest absolute Gasteiger partial charge is 0.335 e. The molecule has 1 aliphatic rings. The Bertz CT molecular complexity index is 1240. The van der Waals surface area contributed by atoms with Crippen molar-refractivity contribution in [2.75, 3.05) is 13.2 Å². The van der Waals surface area contributed by atoms with Crippen LogP contribution in [-0.4, -0.2) is 88.4 Å². The number of hydrogen-bond donors (Lipinski definition) is 4. The fourth-order valence-corrected chi connectivity index (χ4v) is 6.10. The lowest BCUT2D eigenvalue weighted by atomic mass is 9.99. The maximum absolute atomic E-state index is 12.8. The van der Waals surface area contributed by atoms with Crippen LogP contribution in [0.5, 0.6) is 0 Å². The van der Waals surface area contributed by atoms with Gasteiger partial charge in [0.15, 0.2) is 18.5 Å². The number of carboxylic acids is 1. The van der Waals surface area contributed by atoms with E-state index in [-0.39, 0.29) is 19.4 Å². The van der Waals surface area contributed by atoms with Crippen molar-refractivity contribution in [1.29, 1.82) is 0 Å². The van der Waals surface area contributed by atoms with Crippen molar-refractivity contribution in [2.45, 2.75) is 192 Å². The van der Waals surface area contributed by atoms with E-state index >= 15 is 0 Å². The highest BCUT2D eigenvalue weighted by atomic mass is 16.7. The molecule has 0 aromatic rings. The normalized spacial score (nSPS) is 20.7. The number of rotatable bonds is 35. The first-order chi connectivity index (χ1) is 28.2. The third-order valence-corrected chi connectivity index (χ3v) is 9.55. The molecular formula is C47H76O11. The second-order valence-corrected chi connectivity index (χ2v) is 14.8. The topological polar surface area (TPSA) is 169 Å². The Hall–Kier alpha value is -3.35. The van der Waals surface area contributed by atoms with Crippen LogP contribution in [0.3, 0.4) is 0 Å². The third-order valence-electron chi connectivity index (χ3n) is 9.55. The summed E-state index contributed by atoms with van der Waals surface area (Å²) in [6.07, 6.45) is 36.8. The predicted octanol–water partition coefficient (Wildman–Crippen LogP) is 9.31. The summed E-state index contributed by atoms with van der Waals surface area (Å²) in [7, 11) is 0. The zero-order valence-electron chi connectivity index (χ0n) is 35.5. The molecule has 4 N–H and O–H groups in total. The van der Waals surface area contributed by atoms with Gasteiger partial charge in [-0.15, -0.1) is 0 Å². The summed E-state index contributed by atoms with van der Waals surface area (Å²) >= 11 is 0. The molecule has 0 bridgehead atoms. The lowest BCUT2D eigenvalue weighted by molar-refractivity contribution is -0.298. The van der Waals surface area contributed by atoms with Crippen LogP contribution in [0, 0.1) is 0 Å². The summed E-state index contributed by atoms with van der Waals surface area (Å²) in [6, 6.07) is 0. The lowest BCUT2D eigenvalue weighted by Crippen LogP contribution is -2.60. The van der Waals surface area contributed by atoms with Crippen molar-refractivity contribution in [3.8, 4) is 0 Å². The number of carbonyl (C=O) groups excluding carboxylic acids is 2. The molecule has 0 saturated carbocycles. The van der Waals surface area contributed by atoms with Crippen molar-refractivity contribution in [2.24, 2.45) is 0 Å². The second-order valence-electron chi connectivity index (χ2n) is 14.8. The van der Waals surface area contributed by atoms with Crippen LogP contribution in [0.2, 0.25) is 0 Å². The molecule has 11 heteroatoms. The summed E-state index contributed by atoms with van der Waals surface area (Å²) in [4.78, 5) is 36.7. The highest BCUT2D eigenvalue weighted by Gasteiger charge is 2.47. The third kappa shape index (κ3) is 28.1.